The second kappa shape index (κ2) is 5.98. The largest absolute Gasteiger partial charge is 0.493 e. The van der Waals surface area contributed by atoms with Crippen LogP contribution < -0.4 is 10.1 Å². The first-order chi connectivity index (χ1) is 9.75. The zero-order chi connectivity index (χ0) is 13.9. The first kappa shape index (κ1) is 13.7. The van der Waals surface area contributed by atoms with E-state index in [1.807, 2.05) is 11.3 Å². The van der Waals surface area contributed by atoms with E-state index in [9.17, 15) is 0 Å². The molecule has 3 rings (SSSR count). The molecule has 20 heavy (non-hydrogen) atoms. The summed E-state index contributed by atoms with van der Waals surface area (Å²) in [5, 5.41) is 5.92. The Hall–Kier alpha value is -1.32. The van der Waals surface area contributed by atoms with Gasteiger partial charge in [0.05, 0.1) is 6.61 Å². The molecule has 0 spiro atoms. The van der Waals surface area contributed by atoms with E-state index in [1.165, 1.54) is 16.0 Å². The Balaban J connectivity index is 1.85. The van der Waals surface area contributed by atoms with Gasteiger partial charge in [-0.05, 0) is 43.7 Å². The molecule has 0 aliphatic carbocycles. The Labute approximate surface area is 124 Å². The van der Waals surface area contributed by atoms with Gasteiger partial charge >= 0.3 is 0 Å². The summed E-state index contributed by atoms with van der Waals surface area (Å²) >= 11 is 1.82. The molecule has 1 aliphatic rings. The van der Waals surface area contributed by atoms with Crippen LogP contribution in [0.2, 0.25) is 0 Å². The number of aryl methyl sites for hydroxylation is 1. The number of benzene rings is 1. The number of para-hydroxylation sites is 1. The highest BCUT2D eigenvalue weighted by molar-refractivity contribution is 7.10. The van der Waals surface area contributed by atoms with E-state index in [2.05, 4.69) is 54.9 Å². The second-order valence-corrected chi connectivity index (χ2v) is 6.42. The van der Waals surface area contributed by atoms with Crippen LogP contribution in [0.15, 0.2) is 35.7 Å². The number of rotatable bonds is 3. The Kier molecular flexibility index (Phi) is 4.08. The van der Waals surface area contributed by atoms with Gasteiger partial charge in [-0.2, -0.15) is 0 Å². The van der Waals surface area contributed by atoms with Crippen molar-refractivity contribution in [2.24, 2.45) is 0 Å². The molecular formula is C17H21NOS. The predicted octanol–water partition coefficient (Wildman–Crippen LogP) is 4.62. The predicted molar refractivity (Wildman–Crippen MR) is 84.5 cm³/mol. The molecule has 0 amide bonds. The summed E-state index contributed by atoms with van der Waals surface area (Å²) in [6.45, 7) is 5.19. The minimum absolute atomic E-state index is 0.379. The van der Waals surface area contributed by atoms with Gasteiger partial charge in [0.1, 0.15) is 5.75 Å². The van der Waals surface area contributed by atoms with Gasteiger partial charge in [-0.1, -0.05) is 24.3 Å². The van der Waals surface area contributed by atoms with Crippen LogP contribution in [0.1, 0.15) is 47.9 Å². The first-order valence-corrected chi connectivity index (χ1v) is 8.15. The molecule has 1 N–H and O–H groups in total. The Morgan fingerprint density at radius 3 is 3.00 bits per heavy atom. The Morgan fingerprint density at radius 1 is 1.30 bits per heavy atom. The van der Waals surface area contributed by atoms with Gasteiger partial charge in [-0.25, -0.2) is 0 Å². The molecule has 0 bridgehead atoms. The average molecular weight is 287 g/mol. The number of ether oxygens (including phenoxy) is 1. The minimum atomic E-state index is 0.379. The van der Waals surface area contributed by atoms with E-state index in [1.54, 1.807) is 0 Å². The quantitative estimate of drug-likeness (QED) is 0.889. The molecule has 3 heteroatoms. The van der Waals surface area contributed by atoms with Crippen molar-refractivity contribution in [2.45, 2.75) is 38.8 Å². The maximum absolute atomic E-state index is 5.94. The lowest BCUT2D eigenvalue weighted by Crippen LogP contribution is -2.24. The lowest BCUT2D eigenvalue weighted by Gasteiger charge is -2.23. The van der Waals surface area contributed by atoms with Crippen molar-refractivity contribution >= 4 is 11.3 Å². The van der Waals surface area contributed by atoms with E-state index in [0.717, 1.165) is 25.2 Å². The van der Waals surface area contributed by atoms with Crippen molar-refractivity contribution in [3.05, 3.63) is 51.7 Å². The van der Waals surface area contributed by atoms with Crippen LogP contribution in [-0.2, 0) is 0 Å². The summed E-state index contributed by atoms with van der Waals surface area (Å²) in [5.41, 5.74) is 2.55. The summed E-state index contributed by atoms with van der Waals surface area (Å²) in [6.07, 6.45) is 2.23. The lowest BCUT2D eigenvalue weighted by atomic mass is 9.99. The van der Waals surface area contributed by atoms with E-state index < -0.39 is 0 Å². The topological polar surface area (TPSA) is 21.3 Å². The van der Waals surface area contributed by atoms with E-state index in [0.29, 0.717) is 12.1 Å². The SMILES string of the molecule is Cc1cccc2c1OCCCC2NC(C)c1cccs1. The average Bonchev–Trinajstić information content (AvgIpc) is 2.90. The molecule has 106 valence electrons. The third-order valence-electron chi connectivity index (χ3n) is 3.92. The van der Waals surface area contributed by atoms with Crippen LogP contribution in [0, 0.1) is 6.92 Å². The maximum atomic E-state index is 5.94. The van der Waals surface area contributed by atoms with Crippen molar-refractivity contribution in [3.63, 3.8) is 0 Å². The summed E-state index contributed by atoms with van der Waals surface area (Å²) < 4.78 is 5.94. The number of fused-ring (bicyclic) bond motifs is 1. The number of hydrogen-bond acceptors (Lipinski definition) is 3. The second-order valence-electron chi connectivity index (χ2n) is 5.44. The van der Waals surface area contributed by atoms with Crippen LogP contribution in [0.4, 0.5) is 0 Å². The van der Waals surface area contributed by atoms with E-state index in [-0.39, 0.29) is 0 Å². The minimum Gasteiger partial charge on any atom is -0.493 e. The third kappa shape index (κ3) is 2.74. The maximum Gasteiger partial charge on any atom is 0.126 e. The highest BCUT2D eigenvalue weighted by atomic mass is 32.1. The van der Waals surface area contributed by atoms with E-state index in [4.69, 9.17) is 4.74 Å². The monoisotopic (exact) mass is 287 g/mol. The van der Waals surface area contributed by atoms with Crippen LogP contribution in [0.5, 0.6) is 5.75 Å². The van der Waals surface area contributed by atoms with Crippen LogP contribution >= 0.6 is 11.3 Å². The standard InChI is InChI=1S/C17H21NOS/c1-12-6-3-7-14-15(8-4-10-19-17(12)14)18-13(2)16-9-5-11-20-16/h3,5-7,9,11,13,15,18H,4,8,10H2,1-2H3. The molecule has 0 saturated heterocycles. The number of hydrogen-bond donors (Lipinski definition) is 1. The fourth-order valence-electron chi connectivity index (χ4n) is 2.86. The molecule has 2 aromatic rings. The van der Waals surface area contributed by atoms with Crippen LogP contribution in [-0.4, -0.2) is 6.61 Å². The molecule has 0 radical (unpaired) electrons. The molecule has 1 aliphatic heterocycles. The van der Waals surface area contributed by atoms with Crippen molar-refractivity contribution in [1.29, 1.82) is 0 Å². The molecule has 2 unspecified atom stereocenters. The van der Waals surface area contributed by atoms with Gasteiger partial charge in [0.25, 0.3) is 0 Å². The van der Waals surface area contributed by atoms with Gasteiger partial charge < -0.3 is 10.1 Å². The van der Waals surface area contributed by atoms with Crippen LogP contribution in [0.3, 0.4) is 0 Å². The Morgan fingerprint density at radius 2 is 2.20 bits per heavy atom. The van der Waals surface area contributed by atoms with Crippen molar-refractivity contribution in [2.75, 3.05) is 6.61 Å². The number of nitrogens with one attached hydrogen (secondary N) is 1. The van der Waals surface area contributed by atoms with Crippen LogP contribution in [0.25, 0.3) is 0 Å². The smallest absolute Gasteiger partial charge is 0.126 e. The Bertz CT molecular complexity index is 564. The van der Waals surface area contributed by atoms with Gasteiger partial charge in [0.15, 0.2) is 0 Å². The van der Waals surface area contributed by atoms with Gasteiger partial charge in [0, 0.05) is 22.5 Å². The molecule has 0 saturated carbocycles. The summed E-state index contributed by atoms with van der Waals surface area (Å²) in [7, 11) is 0. The first-order valence-electron chi connectivity index (χ1n) is 7.27. The normalized spacial score (nSPS) is 19.8. The summed E-state index contributed by atoms with van der Waals surface area (Å²) in [4.78, 5) is 1.39. The fraction of sp³-hybridized carbons (Fsp3) is 0.412. The molecule has 2 heterocycles. The molecule has 1 aromatic carbocycles. The van der Waals surface area contributed by atoms with Gasteiger partial charge in [-0.3, -0.25) is 0 Å². The zero-order valence-electron chi connectivity index (χ0n) is 12.1. The van der Waals surface area contributed by atoms with Crippen molar-refractivity contribution in [3.8, 4) is 5.75 Å². The van der Waals surface area contributed by atoms with Gasteiger partial charge in [-0.15, -0.1) is 11.3 Å². The zero-order valence-corrected chi connectivity index (χ0v) is 12.9. The van der Waals surface area contributed by atoms with Gasteiger partial charge in [0.2, 0.25) is 0 Å². The fourth-order valence-corrected chi connectivity index (χ4v) is 3.60. The lowest BCUT2D eigenvalue weighted by molar-refractivity contribution is 0.312. The molecular weight excluding hydrogens is 266 g/mol. The third-order valence-corrected chi connectivity index (χ3v) is 4.98. The van der Waals surface area contributed by atoms with Crippen molar-refractivity contribution in [1.82, 2.24) is 5.32 Å². The molecule has 2 atom stereocenters. The summed E-state index contributed by atoms with van der Waals surface area (Å²) in [5.74, 6) is 1.08. The number of thiophene rings is 1. The van der Waals surface area contributed by atoms with Crippen molar-refractivity contribution < 1.29 is 4.74 Å². The highest BCUT2D eigenvalue weighted by Crippen LogP contribution is 2.35. The highest BCUT2D eigenvalue weighted by Gasteiger charge is 2.22. The summed E-state index contributed by atoms with van der Waals surface area (Å²) in [6, 6.07) is 11.5. The molecule has 2 nitrogen and oxygen atoms in total. The molecule has 1 aromatic heterocycles. The molecule has 0 fully saturated rings. The van der Waals surface area contributed by atoms with E-state index >= 15 is 0 Å².